The predicted molar refractivity (Wildman–Crippen MR) is 114 cm³/mol. The molecule has 1 atom stereocenters. The second-order valence-electron chi connectivity index (χ2n) is 8.32. The van der Waals surface area contributed by atoms with Crippen LogP contribution in [0.25, 0.3) is 11.3 Å². The molecule has 2 amide bonds. The average molecular weight is 428 g/mol. The maximum Gasteiger partial charge on any atom is 0.276 e. The molecular formula is C23H29N3O5. The van der Waals surface area contributed by atoms with Gasteiger partial charge in [-0.05, 0) is 43.0 Å². The van der Waals surface area contributed by atoms with Gasteiger partial charge >= 0.3 is 0 Å². The van der Waals surface area contributed by atoms with Crippen molar-refractivity contribution in [2.45, 2.75) is 19.3 Å². The van der Waals surface area contributed by atoms with Crippen LogP contribution in [0.2, 0.25) is 0 Å². The first-order valence-electron chi connectivity index (χ1n) is 10.7. The summed E-state index contributed by atoms with van der Waals surface area (Å²) < 4.78 is 15.9. The lowest BCUT2D eigenvalue weighted by molar-refractivity contribution is -0.128. The first kappa shape index (κ1) is 21.4. The average Bonchev–Trinajstić information content (AvgIpc) is 3.41. The van der Waals surface area contributed by atoms with Crippen molar-refractivity contribution in [3.05, 3.63) is 36.4 Å². The minimum Gasteiger partial charge on any atom is -0.497 e. The van der Waals surface area contributed by atoms with Gasteiger partial charge in [-0.3, -0.25) is 9.59 Å². The van der Waals surface area contributed by atoms with Gasteiger partial charge in [0, 0.05) is 51.2 Å². The van der Waals surface area contributed by atoms with E-state index in [1.165, 1.54) is 6.39 Å². The first-order valence-corrected chi connectivity index (χ1v) is 10.7. The van der Waals surface area contributed by atoms with E-state index in [0.717, 1.165) is 37.2 Å². The van der Waals surface area contributed by atoms with Crippen LogP contribution in [0.4, 0.5) is 0 Å². The Kier molecular flexibility index (Phi) is 6.56. The molecule has 2 aliphatic heterocycles. The van der Waals surface area contributed by atoms with Gasteiger partial charge < -0.3 is 23.7 Å². The highest BCUT2D eigenvalue weighted by Crippen LogP contribution is 2.28. The van der Waals surface area contributed by atoms with E-state index in [1.807, 2.05) is 34.1 Å². The molecule has 0 aliphatic carbocycles. The number of likely N-dealkylation sites (tertiary alicyclic amines) is 2. The van der Waals surface area contributed by atoms with Gasteiger partial charge in [0.25, 0.3) is 5.91 Å². The third-order valence-electron chi connectivity index (χ3n) is 6.20. The molecule has 1 aromatic carbocycles. The Morgan fingerprint density at radius 2 is 1.90 bits per heavy atom. The number of piperidine rings is 1. The molecule has 0 spiro atoms. The van der Waals surface area contributed by atoms with Crippen molar-refractivity contribution in [3.63, 3.8) is 0 Å². The maximum absolute atomic E-state index is 13.1. The lowest BCUT2D eigenvalue weighted by atomic mass is 9.96. The van der Waals surface area contributed by atoms with Crippen molar-refractivity contribution in [2.75, 3.05) is 47.0 Å². The molecule has 0 bridgehead atoms. The topological polar surface area (TPSA) is 85.1 Å². The van der Waals surface area contributed by atoms with E-state index in [-0.39, 0.29) is 11.8 Å². The third kappa shape index (κ3) is 4.74. The molecule has 0 radical (unpaired) electrons. The summed E-state index contributed by atoms with van der Waals surface area (Å²) in [6.45, 7) is 3.48. The monoisotopic (exact) mass is 427 g/mol. The number of amides is 2. The summed E-state index contributed by atoms with van der Waals surface area (Å²) >= 11 is 0. The normalized spacial score (nSPS) is 19.8. The quantitative estimate of drug-likeness (QED) is 0.676. The molecule has 2 aromatic rings. The van der Waals surface area contributed by atoms with Crippen LogP contribution in [-0.4, -0.2) is 73.6 Å². The molecule has 4 rings (SSSR count). The number of hydrogen-bond acceptors (Lipinski definition) is 6. The minimum absolute atomic E-state index is 0.115. The van der Waals surface area contributed by atoms with E-state index in [9.17, 15) is 9.59 Å². The van der Waals surface area contributed by atoms with Crippen LogP contribution >= 0.6 is 0 Å². The Morgan fingerprint density at radius 3 is 2.58 bits per heavy atom. The number of ether oxygens (including phenoxy) is 2. The molecule has 2 aliphatic rings. The molecular weight excluding hydrogens is 398 g/mol. The van der Waals surface area contributed by atoms with Crippen LogP contribution in [0.3, 0.4) is 0 Å². The van der Waals surface area contributed by atoms with Crippen LogP contribution in [0.15, 0.2) is 35.1 Å². The lowest BCUT2D eigenvalue weighted by Gasteiger charge is -2.33. The number of benzene rings is 1. The summed E-state index contributed by atoms with van der Waals surface area (Å²) in [4.78, 5) is 33.3. The summed E-state index contributed by atoms with van der Waals surface area (Å²) in [6.07, 6.45) is 3.64. The van der Waals surface area contributed by atoms with Gasteiger partial charge in [-0.2, -0.15) is 0 Å². The SMILES string of the molecule is COCC1CC(=O)N(CC2CCN(C(=O)c3ncoc3-c3ccc(OC)cc3)CC2)C1. The Hall–Kier alpha value is -2.87. The van der Waals surface area contributed by atoms with Gasteiger partial charge in [-0.1, -0.05) is 0 Å². The zero-order valence-corrected chi connectivity index (χ0v) is 18.1. The highest BCUT2D eigenvalue weighted by molar-refractivity contribution is 5.97. The minimum atomic E-state index is -0.115. The van der Waals surface area contributed by atoms with E-state index >= 15 is 0 Å². The number of aromatic nitrogens is 1. The predicted octanol–water partition coefficient (Wildman–Crippen LogP) is 2.70. The summed E-state index contributed by atoms with van der Waals surface area (Å²) in [5.74, 6) is 2.02. The van der Waals surface area contributed by atoms with E-state index in [1.54, 1.807) is 14.2 Å². The Labute approximate surface area is 182 Å². The summed E-state index contributed by atoms with van der Waals surface area (Å²) in [5, 5.41) is 0. The number of carbonyl (C=O) groups is 2. The van der Waals surface area contributed by atoms with Crippen LogP contribution < -0.4 is 4.74 Å². The van der Waals surface area contributed by atoms with Gasteiger partial charge in [-0.15, -0.1) is 0 Å². The van der Waals surface area contributed by atoms with Gasteiger partial charge in [-0.25, -0.2) is 4.98 Å². The molecule has 8 nitrogen and oxygen atoms in total. The molecule has 31 heavy (non-hydrogen) atoms. The van der Waals surface area contributed by atoms with Crippen LogP contribution in [0, 0.1) is 11.8 Å². The van der Waals surface area contributed by atoms with Crippen LogP contribution in [-0.2, 0) is 9.53 Å². The molecule has 2 saturated heterocycles. The van der Waals surface area contributed by atoms with Gasteiger partial charge in [0.15, 0.2) is 17.8 Å². The Bertz CT molecular complexity index is 902. The fourth-order valence-corrected chi connectivity index (χ4v) is 4.50. The van der Waals surface area contributed by atoms with Crippen molar-refractivity contribution in [2.24, 2.45) is 11.8 Å². The number of nitrogens with zero attached hydrogens (tertiary/aromatic N) is 3. The molecule has 8 heteroatoms. The smallest absolute Gasteiger partial charge is 0.276 e. The summed E-state index contributed by atoms with van der Waals surface area (Å²) in [7, 11) is 3.29. The molecule has 3 heterocycles. The number of rotatable bonds is 7. The van der Waals surface area contributed by atoms with Gasteiger partial charge in [0.1, 0.15) is 5.75 Å². The van der Waals surface area contributed by atoms with Crippen molar-refractivity contribution < 1.29 is 23.5 Å². The molecule has 166 valence electrons. The molecule has 2 fully saturated rings. The number of carbonyl (C=O) groups excluding carboxylic acids is 2. The second kappa shape index (κ2) is 9.51. The molecule has 1 aromatic heterocycles. The van der Waals surface area contributed by atoms with E-state index in [2.05, 4.69) is 4.98 Å². The molecule has 0 saturated carbocycles. The fourth-order valence-electron chi connectivity index (χ4n) is 4.50. The number of methoxy groups -OCH3 is 2. The van der Waals surface area contributed by atoms with Crippen molar-refractivity contribution in [3.8, 4) is 17.1 Å². The third-order valence-corrected chi connectivity index (χ3v) is 6.20. The highest BCUT2D eigenvalue weighted by atomic mass is 16.5. The largest absolute Gasteiger partial charge is 0.497 e. The lowest BCUT2D eigenvalue weighted by Crippen LogP contribution is -2.42. The maximum atomic E-state index is 13.1. The van der Waals surface area contributed by atoms with E-state index < -0.39 is 0 Å². The van der Waals surface area contributed by atoms with Gasteiger partial charge in [0.05, 0.1) is 13.7 Å². The van der Waals surface area contributed by atoms with Crippen molar-refractivity contribution in [1.29, 1.82) is 0 Å². The highest BCUT2D eigenvalue weighted by Gasteiger charge is 2.33. The van der Waals surface area contributed by atoms with Crippen molar-refractivity contribution >= 4 is 11.8 Å². The molecule has 0 N–H and O–H groups in total. The Morgan fingerprint density at radius 1 is 1.16 bits per heavy atom. The van der Waals surface area contributed by atoms with E-state index in [0.29, 0.717) is 49.4 Å². The van der Waals surface area contributed by atoms with Gasteiger partial charge in [0.2, 0.25) is 5.91 Å². The Balaban J connectivity index is 1.34. The molecule has 1 unspecified atom stereocenters. The standard InChI is InChI=1S/C23H29N3O5/c1-29-14-17-11-20(27)26(13-17)12-16-7-9-25(10-8-16)23(28)21-22(31-15-24-21)18-3-5-19(30-2)6-4-18/h3-6,15-17H,7-14H2,1-2H3. The summed E-state index contributed by atoms with van der Waals surface area (Å²) in [6, 6.07) is 7.36. The summed E-state index contributed by atoms with van der Waals surface area (Å²) in [5.41, 5.74) is 1.12. The fraction of sp³-hybridized carbons (Fsp3) is 0.522. The van der Waals surface area contributed by atoms with Crippen molar-refractivity contribution in [1.82, 2.24) is 14.8 Å². The van der Waals surface area contributed by atoms with Crippen LogP contribution in [0.5, 0.6) is 5.75 Å². The first-order chi connectivity index (χ1) is 15.1. The van der Waals surface area contributed by atoms with E-state index in [4.69, 9.17) is 13.9 Å². The number of oxazole rings is 1. The zero-order valence-electron chi connectivity index (χ0n) is 18.1. The van der Waals surface area contributed by atoms with Crippen LogP contribution in [0.1, 0.15) is 29.8 Å². The number of hydrogen-bond donors (Lipinski definition) is 0. The zero-order chi connectivity index (χ0) is 21.8. The second-order valence-corrected chi connectivity index (χ2v) is 8.32.